The Balaban J connectivity index is 3.93. The second kappa shape index (κ2) is 6.32. The lowest BCUT2D eigenvalue weighted by Gasteiger charge is -2.14. The average Bonchev–Trinajstić information content (AvgIpc) is 2.00. The van der Waals surface area contributed by atoms with Crippen LogP contribution in [-0.2, 0) is 14.4 Å². The minimum Gasteiger partial charge on any atom is -0.349 e. The highest BCUT2D eigenvalue weighted by atomic mass is 16.2. The van der Waals surface area contributed by atoms with E-state index in [9.17, 15) is 14.4 Å². The molecule has 0 bridgehead atoms. The van der Waals surface area contributed by atoms with Gasteiger partial charge in [-0.2, -0.15) is 0 Å². The molecule has 0 unspecified atom stereocenters. The molecule has 4 nitrogen and oxygen atoms in total. The van der Waals surface area contributed by atoms with Crippen molar-refractivity contribution < 1.29 is 14.4 Å². The first-order valence-corrected chi connectivity index (χ1v) is 5.04. The molecule has 0 aliphatic heterocycles. The summed E-state index contributed by atoms with van der Waals surface area (Å²) < 4.78 is 0. The van der Waals surface area contributed by atoms with Crippen molar-refractivity contribution in [2.75, 3.05) is 14.1 Å². The van der Waals surface area contributed by atoms with E-state index in [1.165, 1.54) is 11.8 Å². The fourth-order valence-electron chi connectivity index (χ4n) is 1.29. The monoisotopic (exact) mass is 213 g/mol. The largest absolute Gasteiger partial charge is 0.349 e. The van der Waals surface area contributed by atoms with Crippen molar-refractivity contribution in [1.29, 1.82) is 0 Å². The van der Waals surface area contributed by atoms with E-state index in [1.54, 1.807) is 14.1 Å². The molecule has 0 rings (SSSR count). The minimum atomic E-state index is -0.119. The molecule has 0 N–H and O–H groups in total. The summed E-state index contributed by atoms with van der Waals surface area (Å²) in [6, 6.07) is 0. The van der Waals surface area contributed by atoms with Crippen molar-refractivity contribution >= 4 is 17.5 Å². The van der Waals surface area contributed by atoms with E-state index >= 15 is 0 Å². The van der Waals surface area contributed by atoms with Crippen LogP contribution in [0, 0.1) is 5.92 Å². The van der Waals surface area contributed by atoms with Gasteiger partial charge in [-0.1, -0.05) is 6.92 Å². The maximum Gasteiger partial charge on any atom is 0.222 e. The lowest BCUT2D eigenvalue weighted by atomic mass is 9.98. The molecule has 0 saturated heterocycles. The highest BCUT2D eigenvalue weighted by Crippen LogP contribution is 2.10. The van der Waals surface area contributed by atoms with Crippen molar-refractivity contribution in [3.8, 4) is 0 Å². The zero-order chi connectivity index (χ0) is 12.0. The fourth-order valence-corrected chi connectivity index (χ4v) is 1.29. The van der Waals surface area contributed by atoms with Crippen LogP contribution in [0.1, 0.15) is 33.1 Å². The van der Waals surface area contributed by atoms with Crippen LogP contribution in [-0.4, -0.2) is 36.5 Å². The fraction of sp³-hybridized carbons (Fsp3) is 0.727. The quantitative estimate of drug-likeness (QED) is 0.619. The Labute approximate surface area is 90.6 Å². The number of Topliss-reactive ketones (excluding diaryl/α,β-unsaturated/α-hetero) is 2. The first-order valence-electron chi connectivity index (χ1n) is 5.04. The number of ketones is 2. The first-order chi connectivity index (χ1) is 6.82. The highest BCUT2D eigenvalue weighted by molar-refractivity contribution is 5.98. The summed E-state index contributed by atoms with van der Waals surface area (Å²) in [4.78, 5) is 34.8. The minimum absolute atomic E-state index is 0.00625. The molecule has 0 aromatic rings. The zero-order valence-electron chi connectivity index (χ0n) is 9.87. The van der Waals surface area contributed by atoms with Crippen molar-refractivity contribution in [3.63, 3.8) is 0 Å². The molecule has 0 saturated carbocycles. The van der Waals surface area contributed by atoms with Crippen LogP contribution in [0.2, 0.25) is 0 Å². The van der Waals surface area contributed by atoms with E-state index in [0.717, 1.165) is 0 Å². The van der Waals surface area contributed by atoms with E-state index in [0.29, 0.717) is 12.8 Å². The molecule has 0 aliphatic rings. The van der Waals surface area contributed by atoms with E-state index in [1.807, 2.05) is 6.92 Å². The predicted octanol–water partition coefficient (Wildman–Crippen LogP) is 1.04. The van der Waals surface area contributed by atoms with Crippen LogP contribution < -0.4 is 0 Å². The van der Waals surface area contributed by atoms with Gasteiger partial charge in [-0.3, -0.25) is 14.4 Å². The SMILES string of the molecule is CC(=O)CC(=O)C[C@H](C)CC(=O)N(C)C. The number of carbonyl (C=O) groups is 3. The van der Waals surface area contributed by atoms with Gasteiger partial charge in [0.05, 0.1) is 6.42 Å². The normalized spacial score (nSPS) is 12.0. The molecule has 4 heteroatoms. The molecule has 15 heavy (non-hydrogen) atoms. The zero-order valence-corrected chi connectivity index (χ0v) is 9.87. The van der Waals surface area contributed by atoms with Gasteiger partial charge < -0.3 is 4.90 Å². The Morgan fingerprint density at radius 1 is 1.13 bits per heavy atom. The molecular formula is C11H19NO3. The van der Waals surface area contributed by atoms with Crippen LogP contribution in [0.4, 0.5) is 0 Å². The standard InChI is InChI=1S/C11H19NO3/c1-8(6-11(15)12(3)4)5-10(14)7-9(2)13/h8H,5-7H2,1-4H3/t8-/m0/s1. The summed E-state index contributed by atoms with van der Waals surface area (Å²) in [5.74, 6) is -0.183. The van der Waals surface area contributed by atoms with Gasteiger partial charge in [-0.15, -0.1) is 0 Å². The maximum atomic E-state index is 11.3. The van der Waals surface area contributed by atoms with Gasteiger partial charge in [0.1, 0.15) is 11.6 Å². The lowest BCUT2D eigenvalue weighted by molar-refractivity contribution is -0.130. The van der Waals surface area contributed by atoms with E-state index in [2.05, 4.69) is 0 Å². The van der Waals surface area contributed by atoms with E-state index < -0.39 is 0 Å². The van der Waals surface area contributed by atoms with Gasteiger partial charge >= 0.3 is 0 Å². The number of nitrogens with zero attached hydrogens (tertiary/aromatic N) is 1. The maximum absolute atomic E-state index is 11.3. The summed E-state index contributed by atoms with van der Waals surface area (Å²) in [6.45, 7) is 3.24. The average molecular weight is 213 g/mol. The second-order valence-corrected chi connectivity index (χ2v) is 4.22. The molecular weight excluding hydrogens is 194 g/mol. The van der Waals surface area contributed by atoms with Gasteiger partial charge in [0.25, 0.3) is 0 Å². The molecule has 0 aromatic carbocycles. The molecule has 86 valence electrons. The lowest BCUT2D eigenvalue weighted by Crippen LogP contribution is -2.24. The highest BCUT2D eigenvalue weighted by Gasteiger charge is 2.15. The molecule has 0 aromatic heterocycles. The van der Waals surface area contributed by atoms with Gasteiger partial charge in [-0.25, -0.2) is 0 Å². The molecule has 0 radical (unpaired) electrons. The topological polar surface area (TPSA) is 54.5 Å². The van der Waals surface area contributed by atoms with Crippen LogP contribution >= 0.6 is 0 Å². The number of hydrogen-bond donors (Lipinski definition) is 0. The smallest absolute Gasteiger partial charge is 0.222 e. The Morgan fingerprint density at radius 3 is 2.07 bits per heavy atom. The Bertz CT molecular complexity index is 259. The third kappa shape index (κ3) is 6.82. The molecule has 1 atom stereocenters. The van der Waals surface area contributed by atoms with Gasteiger partial charge in [-0.05, 0) is 12.8 Å². The van der Waals surface area contributed by atoms with Gasteiger partial charge in [0.15, 0.2) is 0 Å². The molecule has 0 heterocycles. The summed E-state index contributed by atoms with van der Waals surface area (Å²) in [5, 5.41) is 0. The van der Waals surface area contributed by atoms with Crippen LogP contribution in [0.3, 0.4) is 0 Å². The molecule has 0 aliphatic carbocycles. The molecule has 0 fully saturated rings. The molecule has 1 amide bonds. The number of hydrogen-bond acceptors (Lipinski definition) is 3. The first kappa shape index (κ1) is 13.8. The summed E-state index contributed by atoms with van der Waals surface area (Å²) >= 11 is 0. The third-order valence-electron chi connectivity index (χ3n) is 2.04. The number of rotatable bonds is 6. The number of carbonyl (C=O) groups excluding carboxylic acids is 3. The van der Waals surface area contributed by atoms with E-state index in [-0.39, 0.29) is 29.8 Å². The van der Waals surface area contributed by atoms with Crippen LogP contribution in [0.5, 0.6) is 0 Å². The van der Waals surface area contributed by atoms with Gasteiger partial charge in [0.2, 0.25) is 5.91 Å². The van der Waals surface area contributed by atoms with E-state index in [4.69, 9.17) is 0 Å². The Morgan fingerprint density at radius 2 is 1.67 bits per heavy atom. The van der Waals surface area contributed by atoms with Gasteiger partial charge in [0, 0.05) is 26.9 Å². The van der Waals surface area contributed by atoms with Crippen molar-refractivity contribution in [2.24, 2.45) is 5.92 Å². The second-order valence-electron chi connectivity index (χ2n) is 4.22. The summed E-state index contributed by atoms with van der Waals surface area (Å²) in [7, 11) is 3.37. The Kier molecular flexibility index (Phi) is 5.82. The van der Waals surface area contributed by atoms with Crippen LogP contribution in [0.25, 0.3) is 0 Å². The van der Waals surface area contributed by atoms with Crippen LogP contribution in [0.15, 0.2) is 0 Å². The Hall–Kier alpha value is -1.19. The van der Waals surface area contributed by atoms with Crippen molar-refractivity contribution in [3.05, 3.63) is 0 Å². The summed E-state index contributed by atoms with van der Waals surface area (Å²) in [5.41, 5.74) is 0. The van der Waals surface area contributed by atoms with Crippen molar-refractivity contribution in [2.45, 2.75) is 33.1 Å². The summed E-state index contributed by atoms with van der Waals surface area (Å²) in [6.07, 6.45) is 0.649. The van der Waals surface area contributed by atoms with Crippen molar-refractivity contribution in [1.82, 2.24) is 4.90 Å². The number of amides is 1. The predicted molar refractivity (Wildman–Crippen MR) is 57.4 cm³/mol. The molecule has 0 spiro atoms. The third-order valence-corrected chi connectivity index (χ3v) is 2.04.